The minimum absolute atomic E-state index is 0.0893. The topological polar surface area (TPSA) is 110 Å². The van der Waals surface area contributed by atoms with Gasteiger partial charge in [-0.15, -0.1) is 0 Å². The molecule has 1 atom stereocenters. The molecule has 8 nitrogen and oxygen atoms in total. The van der Waals surface area contributed by atoms with Crippen LogP contribution in [0.2, 0.25) is 0 Å². The number of hydrogen-bond acceptors (Lipinski definition) is 5. The molecule has 2 aliphatic rings. The fourth-order valence-corrected chi connectivity index (χ4v) is 3.39. The molecule has 8 heteroatoms. The minimum Gasteiger partial charge on any atom is -0.295 e. The summed E-state index contributed by atoms with van der Waals surface area (Å²) in [5.74, 6) is -1.28. The molecule has 24 heavy (non-hydrogen) atoms. The molecule has 4 rings (SSSR count). The van der Waals surface area contributed by atoms with E-state index in [1.807, 2.05) is 0 Å². The number of hydrogen-bond donors (Lipinski definition) is 1. The first-order chi connectivity index (χ1) is 11.5. The molecule has 0 aromatic heterocycles. The summed E-state index contributed by atoms with van der Waals surface area (Å²) in [6.45, 7) is 0. The molecule has 0 saturated carbocycles. The van der Waals surface area contributed by atoms with Gasteiger partial charge < -0.3 is 0 Å². The summed E-state index contributed by atoms with van der Waals surface area (Å²) in [5.41, 5.74) is 0.704. The van der Waals surface area contributed by atoms with Crippen LogP contribution in [0.5, 0.6) is 0 Å². The number of carbonyl (C=O) groups excluding carboxylic acids is 3. The van der Waals surface area contributed by atoms with Gasteiger partial charge in [0.15, 0.2) is 0 Å². The molecule has 1 fully saturated rings. The van der Waals surface area contributed by atoms with Crippen molar-refractivity contribution in [1.29, 1.82) is 0 Å². The Morgan fingerprint density at radius 1 is 1.17 bits per heavy atom. The highest BCUT2D eigenvalue weighted by Crippen LogP contribution is 2.42. The van der Waals surface area contributed by atoms with E-state index >= 15 is 0 Å². The number of nitro benzene ring substituents is 1. The van der Waals surface area contributed by atoms with E-state index in [1.54, 1.807) is 18.2 Å². The molecule has 0 spiro atoms. The zero-order valence-electron chi connectivity index (χ0n) is 12.3. The van der Waals surface area contributed by atoms with Gasteiger partial charge in [0.1, 0.15) is 6.04 Å². The molecule has 120 valence electrons. The van der Waals surface area contributed by atoms with Crippen LogP contribution < -0.4 is 10.2 Å². The van der Waals surface area contributed by atoms with Crippen LogP contribution in [0.4, 0.5) is 11.4 Å². The van der Waals surface area contributed by atoms with Crippen molar-refractivity contribution in [2.75, 3.05) is 4.90 Å². The van der Waals surface area contributed by atoms with Crippen molar-refractivity contribution in [3.05, 3.63) is 46.0 Å². The average molecular weight is 325 g/mol. The van der Waals surface area contributed by atoms with Gasteiger partial charge in [-0.3, -0.25) is 34.7 Å². The van der Waals surface area contributed by atoms with Crippen molar-refractivity contribution >= 4 is 39.9 Å². The molecule has 3 amide bonds. The monoisotopic (exact) mass is 325 g/mol. The standard InChI is InChI=1S/C16H11N3O5/c20-13-7-6-12(15(21)17-13)18-11-5-4-10(19(23)24)8-2-1-3-9(14(8)11)16(18)22/h1-5,12H,6-7H2,(H,17,20,21). The number of nitrogens with zero attached hydrogens (tertiary/aromatic N) is 2. The summed E-state index contributed by atoms with van der Waals surface area (Å²) >= 11 is 0. The fourth-order valence-electron chi connectivity index (χ4n) is 3.39. The predicted octanol–water partition coefficient (Wildman–Crippen LogP) is 1.51. The number of piperidine rings is 1. The highest BCUT2D eigenvalue weighted by Gasteiger charge is 2.41. The SMILES string of the molecule is O=C1CCC(N2C(=O)c3cccc4c([N+](=O)[O-])ccc2c34)C(=O)N1. The molecule has 1 N–H and O–H groups in total. The van der Waals surface area contributed by atoms with Crippen LogP contribution in [0.25, 0.3) is 10.8 Å². The molecule has 2 aromatic carbocycles. The number of amides is 3. The van der Waals surface area contributed by atoms with E-state index in [1.165, 1.54) is 17.0 Å². The van der Waals surface area contributed by atoms with Crippen LogP contribution in [-0.4, -0.2) is 28.7 Å². The summed E-state index contributed by atoms with van der Waals surface area (Å²) in [7, 11) is 0. The number of rotatable bonds is 2. The molecule has 2 aromatic rings. The van der Waals surface area contributed by atoms with Crippen molar-refractivity contribution in [1.82, 2.24) is 5.32 Å². The largest absolute Gasteiger partial charge is 0.295 e. The lowest BCUT2D eigenvalue weighted by molar-refractivity contribution is -0.383. The van der Waals surface area contributed by atoms with Crippen molar-refractivity contribution in [2.45, 2.75) is 18.9 Å². The highest BCUT2D eigenvalue weighted by atomic mass is 16.6. The van der Waals surface area contributed by atoms with E-state index in [-0.39, 0.29) is 30.3 Å². The average Bonchev–Trinajstić information content (AvgIpc) is 2.82. The van der Waals surface area contributed by atoms with Crippen molar-refractivity contribution in [2.24, 2.45) is 0 Å². The lowest BCUT2D eigenvalue weighted by Crippen LogP contribution is -2.53. The van der Waals surface area contributed by atoms with E-state index < -0.39 is 16.9 Å². The van der Waals surface area contributed by atoms with Crippen LogP contribution in [0.3, 0.4) is 0 Å². The summed E-state index contributed by atoms with van der Waals surface area (Å²) < 4.78 is 0. The van der Waals surface area contributed by atoms with Crippen LogP contribution in [0.15, 0.2) is 30.3 Å². The van der Waals surface area contributed by atoms with E-state index in [0.29, 0.717) is 22.0 Å². The Hall–Kier alpha value is -3.29. The Balaban J connectivity index is 1.90. The molecular weight excluding hydrogens is 314 g/mol. The maximum atomic E-state index is 12.8. The molecule has 2 aliphatic heterocycles. The molecule has 0 radical (unpaired) electrons. The number of nitrogens with one attached hydrogen (secondary N) is 1. The normalized spacial score (nSPS) is 19.8. The lowest BCUT2D eigenvalue weighted by Gasteiger charge is -2.30. The third-order valence-electron chi connectivity index (χ3n) is 4.42. The molecule has 2 heterocycles. The van der Waals surface area contributed by atoms with Crippen LogP contribution in [0.1, 0.15) is 23.2 Å². The van der Waals surface area contributed by atoms with Gasteiger partial charge in [-0.05, 0) is 24.6 Å². The second kappa shape index (κ2) is 4.85. The summed E-state index contributed by atoms with van der Waals surface area (Å²) in [6, 6.07) is 6.77. The van der Waals surface area contributed by atoms with E-state index in [9.17, 15) is 24.5 Å². The van der Waals surface area contributed by atoms with Gasteiger partial charge in [0.2, 0.25) is 11.8 Å². The molecule has 0 aliphatic carbocycles. The predicted molar refractivity (Wildman–Crippen MR) is 83.6 cm³/mol. The number of benzene rings is 2. The quantitative estimate of drug-likeness (QED) is 0.511. The highest BCUT2D eigenvalue weighted by molar-refractivity contribution is 6.28. The van der Waals surface area contributed by atoms with Crippen molar-refractivity contribution in [3.8, 4) is 0 Å². The van der Waals surface area contributed by atoms with Crippen LogP contribution >= 0.6 is 0 Å². The van der Waals surface area contributed by atoms with Gasteiger partial charge >= 0.3 is 0 Å². The summed E-state index contributed by atoms with van der Waals surface area (Å²) in [5, 5.41) is 14.3. The fraction of sp³-hybridized carbons (Fsp3) is 0.188. The lowest BCUT2D eigenvalue weighted by atomic mass is 10.0. The Kier molecular flexibility index (Phi) is 2.89. The molecular formula is C16H11N3O5. The zero-order chi connectivity index (χ0) is 17.0. The van der Waals surface area contributed by atoms with Gasteiger partial charge in [-0.25, -0.2) is 0 Å². The zero-order valence-corrected chi connectivity index (χ0v) is 12.3. The minimum atomic E-state index is -0.799. The number of nitro groups is 1. The van der Waals surface area contributed by atoms with Gasteiger partial charge in [0, 0.05) is 17.9 Å². The number of anilines is 1. The number of carbonyl (C=O) groups is 3. The first-order valence-electron chi connectivity index (χ1n) is 7.36. The van der Waals surface area contributed by atoms with Gasteiger partial charge in [-0.1, -0.05) is 6.07 Å². The van der Waals surface area contributed by atoms with Crippen LogP contribution in [-0.2, 0) is 9.59 Å². The second-order valence-electron chi connectivity index (χ2n) is 5.73. The molecule has 0 bridgehead atoms. The van der Waals surface area contributed by atoms with E-state index in [2.05, 4.69) is 5.32 Å². The first-order valence-corrected chi connectivity index (χ1v) is 7.36. The Bertz CT molecular complexity index is 952. The Labute approximate surface area is 135 Å². The second-order valence-corrected chi connectivity index (χ2v) is 5.73. The first kappa shape index (κ1) is 14.3. The molecule has 1 unspecified atom stereocenters. The maximum absolute atomic E-state index is 12.8. The van der Waals surface area contributed by atoms with E-state index in [0.717, 1.165) is 0 Å². The number of non-ortho nitro benzene ring substituents is 1. The summed E-state index contributed by atoms with van der Waals surface area (Å²) in [6.07, 6.45) is 0.371. The van der Waals surface area contributed by atoms with Crippen LogP contribution in [0, 0.1) is 10.1 Å². The Morgan fingerprint density at radius 2 is 1.96 bits per heavy atom. The third kappa shape index (κ3) is 1.82. The van der Waals surface area contributed by atoms with Gasteiger partial charge in [0.25, 0.3) is 11.6 Å². The maximum Gasteiger partial charge on any atom is 0.277 e. The Morgan fingerprint density at radius 3 is 2.67 bits per heavy atom. The molecule has 1 saturated heterocycles. The van der Waals surface area contributed by atoms with Gasteiger partial charge in [-0.2, -0.15) is 0 Å². The number of imide groups is 1. The van der Waals surface area contributed by atoms with Crippen molar-refractivity contribution in [3.63, 3.8) is 0 Å². The smallest absolute Gasteiger partial charge is 0.277 e. The third-order valence-corrected chi connectivity index (χ3v) is 4.42. The van der Waals surface area contributed by atoms with E-state index in [4.69, 9.17) is 0 Å². The van der Waals surface area contributed by atoms with Gasteiger partial charge in [0.05, 0.1) is 21.6 Å². The van der Waals surface area contributed by atoms with Crippen molar-refractivity contribution < 1.29 is 19.3 Å². The summed E-state index contributed by atoms with van der Waals surface area (Å²) in [4.78, 5) is 48.3.